The maximum Gasteiger partial charge on any atom is 0.255 e. The van der Waals surface area contributed by atoms with Crippen LogP contribution in [-0.4, -0.2) is 12.5 Å². The molecule has 3 nitrogen and oxygen atoms in total. The van der Waals surface area contributed by atoms with Crippen molar-refractivity contribution in [2.75, 3.05) is 11.9 Å². The lowest BCUT2D eigenvalue weighted by atomic mass is 9.98. The van der Waals surface area contributed by atoms with Crippen molar-refractivity contribution in [2.45, 2.75) is 13.0 Å². The van der Waals surface area contributed by atoms with Crippen LogP contribution in [0.15, 0.2) is 36.4 Å². The summed E-state index contributed by atoms with van der Waals surface area (Å²) >= 11 is 11.9. The minimum atomic E-state index is -0.165. The third kappa shape index (κ3) is 3.38. The van der Waals surface area contributed by atoms with Gasteiger partial charge in [0.05, 0.1) is 0 Å². The molecule has 1 aliphatic rings. The lowest BCUT2D eigenvalue weighted by molar-refractivity contribution is 0.102. The molecule has 1 heterocycles. The van der Waals surface area contributed by atoms with E-state index in [0.29, 0.717) is 21.3 Å². The summed E-state index contributed by atoms with van der Waals surface area (Å²) in [5.41, 5.74) is 3.70. The van der Waals surface area contributed by atoms with Crippen molar-refractivity contribution < 1.29 is 4.79 Å². The topological polar surface area (TPSA) is 41.1 Å². The monoisotopic (exact) mass is 320 g/mol. The van der Waals surface area contributed by atoms with Gasteiger partial charge in [0.15, 0.2) is 0 Å². The van der Waals surface area contributed by atoms with E-state index in [9.17, 15) is 4.79 Å². The molecule has 0 aromatic heterocycles. The molecule has 0 spiro atoms. The number of halogens is 2. The van der Waals surface area contributed by atoms with Crippen molar-refractivity contribution in [3.63, 3.8) is 0 Å². The molecule has 21 heavy (non-hydrogen) atoms. The second-order valence-corrected chi connectivity index (χ2v) is 5.90. The van der Waals surface area contributed by atoms with E-state index in [1.807, 2.05) is 18.2 Å². The lowest BCUT2D eigenvalue weighted by Gasteiger charge is -2.17. The molecule has 1 aliphatic heterocycles. The van der Waals surface area contributed by atoms with E-state index in [2.05, 4.69) is 10.6 Å². The molecule has 108 valence electrons. The smallest absolute Gasteiger partial charge is 0.255 e. The minimum Gasteiger partial charge on any atom is -0.322 e. The maximum absolute atomic E-state index is 12.3. The zero-order valence-corrected chi connectivity index (χ0v) is 12.8. The normalized spacial score (nSPS) is 13.6. The molecule has 0 bridgehead atoms. The first-order valence-corrected chi connectivity index (χ1v) is 7.47. The molecule has 1 amide bonds. The molecule has 0 saturated carbocycles. The summed E-state index contributed by atoms with van der Waals surface area (Å²) in [6.07, 6.45) is 1.00. The quantitative estimate of drug-likeness (QED) is 0.881. The van der Waals surface area contributed by atoms with Crippen LogP contribution in [-0.2, 0) is 13.0 Å². The van der Waals surface area contributed by atoms with E-state index >= 15 is 0 Å². The fraction of sp³-hybridized carbons (Fsp3) is 0.188. The molecule has 0 radical (unpaired) electrons. The molecular weight excluding hydrogens is 307 g/mol. The molecule has 0 saturated heterocycles. The van der Waals surface area contributed by atoms with Crippen LogP contribution in [0.4, 0.5) is 5.69 Å². The van der Waals surface area contributed by atoms with Gasteiger partial charge in [-0.05, 0) is 54.4 Å². The first-order valence-electron chi connectivity index (χ1n) is 6.72. The van der Waals surface area contributed by atoms with Crippen LogP contribution in [0.1, 0.15) is 21.5 Å². The van der Waals surface area contributed by atoms with Crippen molar-refractivity contribution in [2.24, 2.45) is 0 Å². The fourth-order valence-corrected chi connectivity index (χ4v) is 2.98. The minimum absolute atomic E-state index is 0.165. The summed E-state index contributed by atoms with van der Waals surface area (Å²) in [4.78, 5) is 12.3. The highest BCUT2D eigenvalue weighted by Gasteiger charge is 2.13. The number of nitrogens with one attached hydrogen (secondary N) is 2. The average Bonchev–Trinajstić information content (AvgIpc) is 2.45. The number of hydrogen-bond acceptors (Lipinski definition) is 2. The summed E-state index contributed by atoms with van der Waals surface area (Å²) < 4.78 is 0. The van der Waals surface area contributed by atoms with Gasteiger partial charge < -0.3 is 10.6 Å². The van der Waals surface area contributed by atoms with Crippen LogP contribution < -0.4 is 10.6 Å². The Balaban J connectivity index is 1.82. The predicted molar refractivity (Wildman–Crippen MR) is 86.3 cm³/mol. The van der Waals surface area contributed by atoms with Gasteiger partial charge in [-0.15, -0.1) is 0 Å². The van der Waals surface area contributed by atoms with Crippen molar-refractivity contribution in [3.8, 4) is 0 Å². The standard InChI is InChI=1S/C16H14Cl2N2O/c17-13-6-14(18)8-15(7-13)20-16(21)11-2-1-10-3-4-19-9-12(10)5-11/h1-2,5-8,19H,3-4,9H2,(H,20,21). The van der Waals surface area contributed by atoms with Gasteiger partial charge >= 0.3 is 0 Å². The molecular formula is C16H14Cl2N2O. The van der Waals surface area contributed by atoms with Crippen LogP contribution in [0, 0.1) is 0 Å². The van der Waals surface area contributed by atoms with Gasteiger partial charge in [0, 0.05) is 27.8 Å². The molecule has 0 unspecified atom stereocenters. The summed E-state index contributed by atoms with van der Waals surface area (Å²) in [5.74, 6) is -0.165. The van der Waals surface area contributed by atoms with Gasteiger partial charge in [-0.25, -0.2) is 0 Å². The highest BCUT2D eigenvalue weighted by Crippen LogP contribution is 2.23. The Morgan fingerprint density at radius 3 is 2.57 bits per heavy atom. The molecule has 0 fully saturated rings. The third-order valence-corrected chi connectivity index (χ3v) is 3.91. The molecule has 2 aromatic carbocycles. The number of rotatable bonds is 2. The summed E-state index contributed by atoms with van der Waals surface area (Å²) in [7, 11) is 0. The molecule has 2 N–H and O–H groups in total. The fourth-order valence-electron chi connectivity index (χ4n) is 2.45. The van der Waals surface area contributed by atoms with Gasteiger partial charge in [-0.1, -0.05) is 29.3 Å². The molecule has 0 atom stereocenters. The highest BCUT2D eigenvalue weighted by molar-refractivity contribution is 6.35. The number of benzene rings is 2. The molecule has 2 aromatic rings. The Morgan fingerprint density at radius 1 is 1.05 bits per heavy atom. The first-order chi connectivity index (χ1) is 10.1. The van der Waals surface area contributed by atoms with Crippen LogP contribution >= 0.6 is 23.2 Å². The Labute approximate surface area is 133 Å². The number of carbonyl (C=O) groups excluding carboxylic acids is 1. The maximum atomic E-state index is 12.3. The van der Waals surface area contributed by atoms with Gasteiger partial charge in [0.1, 0.15) is 0 Å². The lowest BCUT2D eigenvalue weighted by Crippen LogP contribution is -2.24. The van der Waals surface area contributed by atoms with Gasteiger partial charge in [-0.2, -0.15) is 0 Å². The Hall–Kier alpha value is -1.55. The van der Waals surface area contributed by atoms with Crippen LogP contribution in [0.5, 0.6) is 0 Å². The van der Waals surface area contributed by atoms with E-state index in [4.69, 9.17) is 23.2 Å². The number of carbonyl (C=O) groups is 1. The Kier molecular flexibility index (Phi) is 4.15. The summed E-state index contributed by atoms with van der Waals surface area (Å²) in [5, 5.41) is 7.11. The second kappa shape index (κ2) is 6.06. The summed E-state index contributed by atoms with van der Waals surface area (Å²) in [6.45, 7) is 1.79. The van der Waals surface area contributed by atoms with Crippen molar-refractivity contribution in [1.29, 1.82) is 0 Å². The van der Waals surface area contributed by atoms with E-state index in [0.717, 1.165) is 19.5 Å². The van der Waals surface area contributed by atoms with E-state index in [-0.39, 0.29) is 5.91 Å². The SMILES string of the molecule is O=C(Nc1cc(Cl)cc(Cl)c1)c1ccc2c(c1)CNCC2. The molecule has 5 heteroatoms. The number of fused-ring (bicyclic) bond motifs is 1. The van der Waals surface area contributed by atoms with Gasteiger partial charge in [0.25, 0.3) is 5.91 Å². The van der Waals surface area contributed by atoms with Crippen molar-refractivity contribution >= 4 is 34.8 Å². The van der Waals surface area contributed by atoms with E-state index in [1.165, 1.54) is 11.1 Å². The predicted octanol–water partition coefficient (Wildman–Crippen LogP) is 3.89. The van der Waals surface area contributed by atoms with E-state index < -0.39 is 0 Å². The van der Waals surface area contributed by atoms with Crippen LogP contribution in [0.25, 0.3) is 0 Å². The van der Waals surface area contributed by atoms with Crippen LogP contribution in [0.2, 0.25) is 10.0 Å². The summed E-state index contributed by atoms with van der Waals surface area (Å²) in [6, 6.07) is 10.8. The van der Waals surface area contributed by atoms with Crippen molar-refractivity contribution in [3.05, 3.63) is 63.1 Å². The zero-order chi connectivity index (χ0) is 14.8. The second-order valence-electron chi connectivity index (χ2n) is 5.02. The van der Waals surface area contributed by atoms with Crippen molar-refractivity contribution in [1.82, 2.24) is 5.32 Å². The largest absolute Gasteiger partial charge is 0.322 e. The molecule has 0 aliphatic carbocycles. The third-order valence-electron chi connectivity index (χ3n) is 3.48. The number of anilines is 1. The van der Waals surface area contributed by atoms with Crippen LogP contribution in [0.3, 0.4) is 0 Å². The Bertz CT molecular complexity index is 680. The molecule has 3 rings (SSSR count). The zero-order valence-electron chi connectivity index (χ0n) is 11.2. The van der Waals surface area contributed by atoms with Gasteiger partial charge in [0.2, 0.25) is 0 Å². The average molecular weight is 321 g/mol. The van der Waals surface area contributed by atoms with Gasteiger partial charge in [-0.3, -0.25) is 4.79 Å². The first kappa shape index (κ1) is 14.4. The Morgan fingerprint density at radius 2 is 1.81 bits per heavy atom. The van der Waals surface area contributed by atoms with E-state index in [1.54, 1.807) is 18.2 Å². The highest BCUT2D eigenvalue weighted by atomic mass is 35.5. The number of hydrogen-bond donors (Lipinski definition) is 2. The number of amides is 1.